The third-order valence-corrected chi connectivity index (χ3v) is 6.53. The molecule has 2 aromatic carbocycles. The van der Waals surface area contributed by atoms with Crippen LogP contribution >= 0.6 is 23.2 Å². The first-order valence-corrected chi connectivity index (χ1v) is 10.8. The molecule has 0 unspecified atom stereocenters. The lowest BCUT2D eigenvalue weighted by molar-refractivity contribution is -0.144. The molecule has 2 aromatic rings. The minimum Gasteiger partial charge on any atom is -0.331 e. The smallest absolute Gasteiger partial charge is 0.250 e. The molecule has 2 N–H and O–H groups in total. The average Bonchev–Trinajstić information content (AvgIpc) is 2.72. The van der Waals surface area contributed by atoms with Gasteiger partial charge < -0.3 is 15.5 Å². The van der Waals surface area contributed by atoms with E-state index in [9.17, 15) is 9.59 Å². The van der Waals surface area contributed by atoms with Crippen molar-refractivity contribution < 1.29 is 9.59 Å². The molecular weight excluding hydrogens is 421 g/mol. The van der Waals surface area contributed by atoms with E-state index in [1.165, 1.54) is 0 Å². The summed E-state index contributed by atoms with van der Waals surface area (Å²) in [6.45, 7) is 5.22. The van der Waals surface area contributed by atoms with Crippen molar-refractivity contribution in [1.82, 2.24) is 10.2 Å². The van der Waals surface area contributed by atoms with Gasteiger partial charge in [0.05, 0.1) is 17.1 Å². The molecule has 1 aliphatic heterocycles. The van der Waals surface area contributed by atoms with Gasteiger partial charge in [-0.2, -0.15) is 0 Å². The summed E-state index contributed by atoms with van der Waals surface area (Å²) in [5, 5.41) is 7.34. The van der Waals surface area contributed by atoms with Crippen molar-refractivity contribution in [2.24, 2.45) is 0 Å². The highest BCUT2D eigenvalue weighted by molar-refractivity contribution is 6.33. The lowest BCUT2D eigenvalue weighted by atomic mass is 9.84. The second-order valence-corrected chi connectivity index (χ2v) is 8.71. The van der Waals surface area contributed by atoms with E-state index in [4.69, 9.17) is 23.2 Å². The standard InChI is InChI=1S/C23H27Cl2N3O2/c1-15-12-17(24)13-16(2)18(15)14-21(29)28(3)23(8-10-26-11-9-23)22(30)27-20-7-5-4-6-19(20)25/h4-7,12-13,26H,8-11,14H2,1-3H3,(H,27,30). The summed E-state index contributed by atoms with van der Waals surface area (Å²) in [5.41, 5.74) is 2.51. The SMILES string of the molecule is Cc1cc(Cl)cc(C)c1CC(=O)N(C)C1(C(=O)Nc2ccccc2Cl)CCNCC1. The van der Waals surface area contributed by atoms with E-state index >= 15 is 0 Å². The molecule has 1 aliphatic rings. The number of nitrogens with one attached hydrogen (secondary N) is 2. The van der Waals surface area contributed by atoms with Gasteiger partial charge in [0, 0.05) is 12.1 Å². The maximum absolute atomic E-state index is 13.4. The Morgan fingerprint density at radius 3 is 2.30 bits per heavy atom. The highest BCUT2D eigenvalue weighted by Crippen LogP contribution is 2.30. The quantitative estimate of drug-likeness (QED) is 0.714. The molecule has 0 spiro atoms. The van der Waals surface area contributed by atoms with Crippen molar-refractivity contribution >= 4 is 40.7 Å². The molecule has 3 rings (SSSR count). The number of carbonyl (C=O) groups is 2. The molecule has 7 heteroatoms. The Morgan fingerprint density at radius 1 is 1.10 bits per heavy atom. The topological polar surface area (TPSA) is 61.4 Å². The second kappa shape index (κ2) is 9.38. The molecule has 5 nitrogen and oxygen atoms in total. The summed E-state index contributed by atoms with van der Waals surface area (Å²) in [7, 11) is 1.72. The van der Waals surface area contributed by atoms with Gasteiger partial charge in [0.25, 0.3) is 0 Å². The molecule has 0 bridgehead atoms. The predicted octanol–water partition coefficient (Wildman–Crippen LogP) is 4.37. The monoisotopic (exact) mass is 447 g/mol. The molecule has 2 amide bonds. The number of hydrogen-bond donors (Lipinski definition) is 2. The van der Waals surface area contributed by atoms with Gasteiger partial charge in [-0.25, -0.2) is 0 Å². The van der Waals surface area contributed by atoms with Gasteiger partial charge in [0.15, 0.2) is 0 Å². The van der Waals surface area contributed by atoms with E-state index in [-0.39, 0.29) is 18.2 Å². The lowest BCUT2D eigenvalue weighted by Crippen LogP contribution is -2.62. The van der Waals surface area contributed by atoms with Crippen LogP contribution < -0.4 is 10.6 Å². The Labute approximate surface area is 187 Å². The van der Waals surface area contributed by atoms with Crippen LogP contribution in [0.1, 0.15) is 29.5 Å². The van der Waals surface area contributed by atoms with Crippen molar-refractivity contribution in [1.29, 1.82) is 0 Å². The number of piperidine rings is 1. The molecule has 1 saturated heterocycles. The van der Waals surface area contributed by atoms with Gasteiger partial charge in [-0.3, -0.25) is 9.59 Å². The van der Waals surface area contributed by atoms with Crippen molar-refractivity contribution in [2.45, 2.75) is 38.6 Å². The predicted molar refractivity (Wildman–Crippen MR) is 122 cm³/mol. The van der Waals surface area contributed by atoms with Crippen LogP contribution in [0.2, 0.25) is 10.0 Å². The van der Waals surface area contributed by atoms with Crippen molar-refractivity contribution in [3.63, 3.8) is 0 Å². The lowest BCUT2D eigenvalue weighted by Gasteiger charge is -2.43. The molecule has 0 saturated carbocycles. The third kappa shape index (κ3) is 4.64. The summed E-state index contributed by atoms with van der Waals surface area (Å²) in [4.78, 5) is 28.3. The highest BCUT2D eigenvalue weighted by atomic mass is 35.5. The minimum absolute atomic E-state index is 0.0975. The van der Waals surface area contributed by atoms with Crippen LogP contribution in [0.4, 0.5) is 5.69 Å². The van der Waals surface area contributed by atoms with Gasteiger partial charge in [0.1, 0.15) is 5.54 Å². The number of carbonyl (C=O) groups excluding carboxylic acids is 2. The molecular formula is C23H27Cl2N3O2. The number of hydrogen-bond acceptors (Lipinski definition) is 3. The maximum atomic E-state index is 13.4. The van der Waals surface area contributed by atoms with Gasteiger partial charge in [-0.15, -0.1) is 0 Å². The fourth-order valence-corrected chi connectivity index (χ4v) is 4.59. The number of amides is 2. The number of nitrogens with zero attached hydrogens (tertiary/aromatic N) is 1. The van der Waals surface area contributed by atoms with Crippen LogP contribution in [-0.4, -0.2) is 42.4 Å². The van der Waals surface area contributed by atoms with Crippen LogP contribution in [-0.2, 0) is 16.0 Å². The van der Waals surface area contributed by atoms with Crippen molar-refractivity contribution in [3.05, 3.63) is 63.1 Å². The number of aryl methyl sites for hydroxylation is 2. The van der Waals surface area contributed by atoms with Crippen LogP contribution in [0.15, 0.2) is 36.4 Å². The Balaban J connectivity index is 1.86. The number of anilines is 1. The number of para-hydroxylation sites is 1. The Kier molecular flexibility index (Phi) is 7.06. The third-order valence-electron chi connectivity index (χ3n) is 5.98. The molecule has 1 heterocycles. The maximum Gasteiger partial charge on any atom is 0.250 e. The van der Waals surface area contributed by atoms with E-state index in [1.807, 2.05) is 38.1 Å². The Hall–Kier alpha value is -2.08. The summed E-state index contributed by atoms with van der Waals surface area (Å²) < 4.78 is 0. The van der Waals surface area contributed by atoms with Gasteiger partial charge in [-0.05, 0) is 80.7 Å². The molecule has 1 fully saturated rings. The van der Waals surface area contributed by atoms with Gasteiger partial charge in [-0.1, -0.05) is 35.3 Å². The fourth-order valence-electron chi connectivity index (χ4n) is 4.08. The van der Waals surface area contributed by atoms with E-state index in [0.29, 0.717) is 41.7 Å². The van der Waals surface area contributed by atoms with E-state index in [2.05, 4.69) is 10.6 Å². The zero-order valence-corrected chi connectivity index (χ0v) is 19.0. The van der Waals surface area contributed by atoms with Crippen molar-refractivity contribution in [2.75, 3.05) is 25.5 Å². The largest absolute Gasteiger partial charge is 0.331 e. The van der Waals surface area contributed by atoms with Crippen molar-refractivity contribution in [3.8, 4) is 0 Å². The first kappa shape index (κ1) is 22.6. The van der Waals surface area contributed by atoms with Crippen LogP contribution in [0.25, 0.3) is 0 Å². The number of halogens is 2. The molecule has 160 valence electrons. The van der Waals surface area contributed by atoms with Gasteiger partial charge in [0.2, 0.25) is 11.8 Å². The Morgan fingerprint density at radius 2 is 1.70 bits per heavy atom. The normalized spacial score (nSPS) is 15.5. The number of benzene rings is 2. The molecule has 30 heavy (non-hydrogen) atoms. The summed E-state index contributed by atoms with van der Waals surface area (Å²) in [6.07, 6.45) is 1.29. The number of likely N-dealkylation sites (N-methyl/N-ethyl adjacent to an activating group) is 1. The molecule has 0 atom stereocenters. The van der Waals surface area contributed by atoms with Crippen LogP contribution in [0.5, 0.6) is 0 Å². The number of rotatable bonds is 5. The first-order chi connectivity index (χ1) is 14.2. The second-order valence-electron chi connectivity index (χ2n) is 7.86. The van der Waals surface area contributed by atoms with E-state index < -0.39 is 5.54 Å². The summed E-state index contributed by atoms with van der Waals surface area (Å²) in [6, 6.07) is 10.8. The van der Waals surface area contributed by atoms with Gasteiger partial charge >= 0.3 is 0 Å². The highest BCUT2D eigenvalue weighted by Gasteiger charge is 2.45. The minimum atomic E-state index is -0.935. The zero-order chi connectivity index (χ0) is 21.9. The molecule has 0 radical (unpaired) electrons. The molecule has 0 aliphatic carbocycles. The average molecular weight is 448 g/mol. The summed E-state index contributed by atoms with van der Waals surface area (Å²) in [5.74, 6) is -0.308. The zero-order valence-electron chi connectivity index (χ0n) is 17.5. The Bertz CT molecular complexity index is 932. The molecule has 0 aromatic heterocycles. The summed E-state index contributed by atoms with van der Waals surface area (Å²) >= 11 is 12.4. The van der Waals surface area contributed by atoms with E-state index in [1.54, 1.807) is 24.1 Å². The van der Waals surface area contributed by atoms with E-state index in [0.717, 1.165) is 16.7 Å². The fraction of sp³-hybridized carbons (Fsp3) is 0.391. The van der Waals surface area contributed by atoms with Crippen LogP contribution in [0.3, 0.4) is 0 Å². The first-order valence-electron chi connectivity index (χ1n) is 10.0. The van der Waals surface area contributed by atoms with Crippen LogP contribution in [0, 0.1) is 13.8 Å².